The summed E-state index contributed by atoms with van der Waals surface area (Å²) >= 11 is 0. The number of phenolic OH excluding ortho intramolecular Hbond substituents is 1. The minimum absolute atomic E-state index is 0.163. The van der Waals surface area contributed by atoms with Gasteiger partial charge in [-0.15, -0.1) is 0 Å². The normalized spacial score (nSPS) is 15.8. The summed E-state index contributed by atoms with van der Waals surface area (Å²) in [5.74, 6) is -1.22. The summed E-state index contributed by atoms with van der Waals surface area (Å²) in [7, 11) is 0. The number of aliphatic carboxylic acids is 1. The molecule has 1 amide bonds. The number of carboxylic acid groups (broad SMARTS) is 1. The first-order valence-electron chi connectivity index (χ1n) is 10.5. The molecule has 0 aliphatic heterocycles. The Hall–Kier alpha value is -3.02. The van der Waals surface area contributed by atoms with Crippen LogP contribution < -0.4 is 10.6 Å². The number of unbranched alkanes of at least 4 members (excludes halogenated alkanes) is 1. The summed E-state index contributed by atoms with van der Waals surface area (Å²) in [5.41, 5.74) is 3.66. The fourth-order valence-corrected chi connectivity index (χ4v) is 3.39. The van der Waals surface area contributed by atoms with E-state index in [4.69, 9.17) is 0 Å². The van der Waals surface area contributed by atoms with Crippen LogP contribution in [0.2, 0.25) is 0 Å². The summed E-state index contributed by atoms with van der Waals surface area (Å²) in [4.78, 5) is 24.0. The summed E-state index contributed by atoms with van der Waals surface area (Å²) in [6.45, 7) is 5.93. The van der Waals surface area contributed by atoms with Gasteiger partial charge in [-0.05, 0) is 68.9 Å². The molecule has 4 N–H and O–H groups in total. The third kappa shape index (κ3) is 6.79. The Morgan fingerprint density at radius 3 is 2.50 bits per heavy atom. The van der Waals surface area contributed by atoms with Gasteiger partial charge in [-0.2, -0.15) is 0 Å². The van der Waals surface area contributed by atoms with Gasteiger partial charge < -0.3 is 20.8 Å². The van der Waals surface area contributed by atoms with Crippen LogP contribution >= 0.6 is 0 Å². The lowest BCUT2D eigenvalue weighted by atomic mass is 9.97. The van der Waals surface area contributed by atoms with Gasteiger partial charge in [0.05, 0.1) is 5.57 Å². The first kappa shape index (κ1) is 23.3. The van der Waals surface area contributed by atoms with E-state index in [0.717, 1.165) is 36.2 Å². The SMILES string of the molecule is CCC/C=C/C(CC(C)C(=O)NC1=C(C(=O)O)CCC1)=C(/C)Nc1ccc(O)cc1. The lowest BCUT2D eigenvalue weighted by Crippen LogP contribution is -2.29. The minimum Gasteiger partial charge on any atom is -0.508 e. The van der Waals surface area contributed by atoms with E-state index >= 15 is 0 Å². The van der Waals surface area contributed by atoms with Crippen LogP contribution in [0.4, 0.5) is 5.69 Å². The van der Waals surface area contributed by atoms with E-state index in [-0.39, 0.29) is 17.6 Å². The number of benzene rings is 1. The highest BCUT2D eigenvalue weighted by atomic mass is 16.4. The van der Waals surface area contributed by atoms with Crippen molar-refractivity contribution in [1.82, 2.24) is 5.32 Å². The van der Waals surface area contributed by atoms with Crippen molar-refractivity contribution in [1.29, 1.82) is 0 Å². The van der Waals surface area contributed by atoms with Crippen LogP contribution in [0.3, 0.4) is 0 Å². The van der Waals surface area contributed by atoms with Crippen molar-refractivity contribution in [3.05, 3.63) is 59.0 Å². The molecular weight excluding hydrogens is 380 g/mol. The number of anilines is 1. The number of hydrogen-bond acceptors (Lipinski definition) is 4. The summed E-state index contributed by atoms with van der Waals surface area (Å²) < 4.78 is 0. The van der Waals surface area contributed by atoms with Crippen LogP contribution in [0.5, 0.6) is 5.75 Å². The predicted molar refractivity (Wildman–Crippen MR) is 119 cm³/mol. The van der Waals surface area contributed by atoms with E-state index in [0.29, 0.717) is 30.5 Å². The number of carbonyl (C=O) groups excluding carboxylic acids is 1. The zero-order valence-electron chi connectivity index (χ0n) is 18.0. The van der Waals surface area contributed by atoms with Gasteiger partial charge in [0.2, 0.25) is 5.91 Å². The Balaban J connectivity index is 2.14. The lowest BCUT2D eigenvalue weighted by molar-refractivity contribution is -0.132. The molecule has 0 aromatic heterocycles. The number of nitrogens with one attached hydrogen (secondary N) is 2. The standard InChI is InChI=1S/C24H32N2O4/c1-4-5-6-8-18(17(3)25-19-11-13-20(27)14-12-19)15-16(2)23(28)26-22-10-7-9-21(22)24(29)30/h6,8,11-14,16,25,27H,4-5,7,9-10,15H2,1-3H3,(H,26,28)(H,29,30)/b8-6+,18-17+. The van der Waals surface area contributed by atoms with Crippen molar-refractivity contribution in [2.24, 2.45) is 5.92 Å². The maximum Gasteiger partial charge on any atom is 0.333 e. The molecule has 1 aliphatic rings. The van der Waals surface area contributed by atoms with Gasteiger partial charge in [-0.25, -0.2) is 4.79 Å². The van der Waals surface area contributed by atoms with Crippen molar-refractivity contribution in [3.8, 4) is 5.75 Å². The Morgan fingerprint density at radius 1 is 1.17 bits per heavy atom. The van der Waals surface area contributed by atoms with Crippen LogP contribution in [0.25, 0.3) is 0 Å². The average Bonchev–Trinajstić information content (AvgIpc) is 3.17. The molecule has 2 rings (SSSR count). The molecule has 1 unspecified atom stereocenters. The molecule has 0 bridgehead atoms. The van der Waals surface area contributed by atoms with Crippen LogP contribution in [0.1, 0.15) is 59.3 Å². The molecule has 1 aliphatic carbocycles. The monoisotopic (exact) mass is 412 g/mol. The number of hydrogen-bond donors (Lipinski definition) is 4. The van der Waals surface area contributed by atoms with Gasteiger partial charge in [0.1, 0.15) is 5.75 Å². The van der Waals surface area contributed by atoms with E-state index in [2.05, 4.69) is 23.6 Å². The number of aromatic hydroxyl groups is 1. The van der Waals surface area contributed by atoms with Gasteiger partial charge in [-0.1, -0.05) is 32.4 Å². The van der Waals surface area contributed by atoms with Crippen molar-refractivity contribution in [3.63, 3.8) is 0 Å². The van der Waals surface area contributed by atoms with Gasteiger partial charge >= 0.3 is 5.97 Å². The number of carboxylic acids is 1. The van der Waals surface area contributed by atoms with E-state index in [9.17, 15) is 19.8 Å². The van der Waals surface area contributed by atoms with Gasteiger partial charge in [-0.3, -0.25) is 4.79 Å². The molecule has 1 atom stereocenters. The molecule has 0 saturated heterocycles. The molecule has 0 saturated carbocycles. The van der Waals surface area contributed by atoms with Gasteiger partial charge in [0, 0.05) is 23.0 Å². The molecule has 30 heavy (non-hydrogen) atoms. The van der Waals surface area contributed by atoms with E-state index in [1.165, 1.54) is 0 Å². The summed E-state index contributed by atoms with van der Waals surface area (Å²) in [6.07, 6.45) is 8.52. The zero-order valence-corrected chi connectivity index (χ0v) is 18.0. The maximum atomic E-state index is 12.7. The molecule has 0 spiro atoms. The van der Waals surface area contributed by atoms with Crippen LogP contribution in [-0.4, -0.2) is 22.1 Å². The lowest BCUT2D eigenvalue weighted by Gasteiger charge is -2.17. The van der Waals surface area contributed by atoms with Gasteiger partial charge in [0.25, 0.3) is 0 Å². The second-order valence-corrected chi connectivity index (χ2v) is 7.72. The second kappa shape index (κ2) is 11.2. The second-order valence-electron chi connectivity index (χ2n) is 7.72. The number of allylic oxidation sites excluding steroid dienone is 5. The van der Waals surface area contributed by atoms with E-state index in [1.807, 2.05) is 19.9 Å². The first-order chi connectivity index (χ1) is 14.3. The third-order valence-electron chi connectivity index (χ3n) is 5.18. The van der Waals surface area contributed by atoms with Crippen LogP contribution in [-0.2, 0) is 9.59 Å². The topological polar surface area (TPSA) is 98.7 Å². The smallest absolute Gasteiger partial charge is 0.333 e. The Morgan fingerprint density at radius 2 is 1.87 bits per heavy atom. The van der Waals surface area contributed by atoms with Crippen molar-refractivity contribution >= 4 is 17.6 Å². The van der Waals surface area contributed by atoms with Crippen LogP contribution in [0, 0.1) is 5.92 Å². The van der Waals surface area contributed by atoms with E-state index < -0.39 is 5.97 Å². The molecule has 0 heterocycles. The molecular formula is C24H32N2O4. The summed E-state index contributed by atoms with van der Waals surface area (Å²) in [6, 6.07) is 6.83. The molecule has 1 aromatic rings. The molecule has 0 fully saturated rings. The molecule has 162 valence electrons. The van der Waals surface area contributed by atoms with Crippen molar-refractivity contribution in [2.75, 3.05) is 5.32 Å². The van der Waals surface area contributed by atoms with Gasteiger partial charge in [0.15, 0.2) is 0 Å². The highest BCUT2D eigenvalue weighted by Gasteiger charge is 2.24. The molecule has 6 heteroatoms. The van der Waals surface area contributed by atoms with Crippen molar-refractivity contribution in [2.45, 2.75) is 59.3 Å². The Labute approximate surface area is 178 Å². The van der Waals surface area contributed by atoms with Crippen LogP contribution in [0.15, 0.2) is 59.0 Å². The highest BCUT2D eigenvalue weighted by molar-refractivity contribution is 5.90. The predicted octanol–water partition coefficient (Wildman–Crippen LogP) is 5.10. The molecule has 6 nitrogen and oxygen atoms in total. The Kier molecular flexibility index (Phi) is 8.71. The number of carbonyl (C=O) groups is 2. The fraction of sp³-hybridized carbons (Fsp3) is 0.417. The minimum atomic E-state index is -0.951. The highest BCUT2D eigenvalue weighted by Crippen LogP contribution is 2.26. The largest absolute Gasteiger partial charge is 0.508 e. The molecule has 0 radical (unpaired) electrons. The maximum absolute atomic E-state index is 12.7. The zero-order chi connectivity index (χ0) is 22.1. The number of phenols is 1. The average molecular weight is 413 g/mol. The third-order valence-corrected chi connectivity index (χ3v) is 5.18. The van der Waals surface area contributed by atoms with Crippen molar-refractivity contribution < 1.29 is 19.8 Å². The Bertz CT molecular complexity index is 850. The number of amides is 1. The summed E-state index contributed by atoms with van der Waals surface area (Å²) in [5, 5.41) is 24.9. The fourth-order valence-electron chi connectivity index (χ4n) is 3.39. The van der Waals surface area contributed by atoms with E-state index in [1.54, 1.807) is 24.3 Å². The molecule has 1 aromatic carbocycles. The first-order valence-corrected chi connectivity index (χ1v) is 10.5. The quantitative estimate of drug-likeness (QED) is 0.317. The number of rotatable bonds is 10.